The van der Waals surface area contributed by atoms with Gasteiger partial charge in [-0.15, -0.1) is 0 Å². The monoisotopic (exact) mass is 352 g/mol. The van der Waals surface area contributed by atoms with Crippen LogP contribution >= 0.6 is 23.2 Å². The van der Waals surface area contributed by atoms with E-state index in [1.807, 2.05) is 0 Å². The minimum atomic E-state index is -0.758. The van der Waals surface area contributed by atoms with Crippen LogP contribution in [-0.2, 0) is 0 Å². The molecule has 23 heavy (non-hydrogen) atoms. The van der Waals surface area contributed by atoms with Gasteiger partial charge in [0.05, 0.1) is 26.0 Å². The van der Waals surface area contributed by atoms with E-state index in [0.717, 1.165) is 12.1 Å². The Hall–Kier alpha value is -2.44. The first-order valence-corrected chi connectivity index (χ1v) is 7.09. The molecule has 1 heterocycles. The number of carbonyl (C=O) groups is 1. The topological polar surface area (TPSA) is 65.1 Å². The van der Waals surface area contributed by atoms with Crippen LogP contribution in [0.15, 0.2) is 42.6 Å². The number of benzene rings is 2. The smallest absolute Gasteiger partial charge is 0.270 e. The maximum absolute atomic E-state index is 13.6. The predicted molar refractivity (Wildman–Crippen MR) is 84.7 cm³/mol. The van der Waals surface area contributed by atoms with Gasteiger partial charge in [0.2, 0.25) is 0 Å². The second-order valence-corrected chi connectivity index (χ2v) is 5.55. The van der Waals surface area contributed by atoms with Gasteiger partial charge in [-0.2, -0.15) is 0 Å². The van der Waals surface area contributed by atoms with E-state index in [2.05, 4.69) is 0 Å². The van der Waals surface area contributed by atoms with E-state index >= 15 is 0 Å². The predicted octanol–water partition coefficient (Wildman–Crippen LogP) is 4.68. The van der Waals surface area contributed by atoms with Gasteiger partial charge in [-0.25, -0.2) is 4.39 Å². The number of nitrogens with zero attached hydrogens (tertiary/aromatic N) is 2. The van der Waals surface area contributed by atoms with Gasteiger partial charge >= 0.3 is 0 Å². The van der Waals surface area contributed by atoms with E-state index in [1.54, 1.807) is 6.07 Å². The standard InChI is InChI=1S/C15H7Cl2FN2O3/c16-11-7-12(17)13(18)6-10(11)15(21)19-4-3-8-5-9(20(22)23)1-2-14(8)19/h1-7H. The molecule has 0 saturated carbocycles. The number of fused-ring (bicyclic) bond motifs is 1. The molecule has 0 amide bonds. The van der Waals surface area contributed by atoms with Crippen molar-refractivity contribution < 1.29 is 14.1 Å². The number of aromatic nitrogens is 1. The molecular weight excluding hydrogens is 346 g/mol. The Morgan fingerprint density at radius 1 is 1.13 bits per heavy atom. The van der Waals surface area contributed by atoms with E-state index < -0.39 is 16.6 Å². The molecule has 1 aromatic heterocycles. The molecule has 3 rings (SSSR count). The second kappa shape index (κ2) is 5.64. The molecule has 8 heteroatoms. The average Bonchev–Trinajstić information content (AvgIpc) is 2.93. The van der Waals surface area contributed by atoms with E-state index in [-0.39, 0.29) is 21.3 Å². The van der Waals surface area contributed by atoms with Gasteiger partial charge in [0.15, 0.2) is 0 Å². The number of rotatable bonds is 2. The van der Waals surface area contributed by atoms with Gasteiger partial charge in [-0.3, -0.25) is 19.5 Å². The normalized spacial score (nSPS) is 10.9. The first kappa shape index (κ1) is 15.5. The summed E-state index contributed by atoms with van der Waals surface area (Å²) in [4.78, 5) is 22.8. The third-order valence-electron chi connectivity index (χ3n) is 3.34. The van der Waals surface area contributed by atoms with Crippen LogP contribution in [0.5, 0.6) is 0 Å². The summed E-state index contributed by atoms with van der Waals surface area (Å²) in [6.45, 7) is 0. The Kier molecular flexibility index (Phi) is 3.79. The lowest BCUT2D eigenvalue weighted by Crippen LogP contribution is -2.11. The first-order valence-electron chi connectivity index (χ1n) is 6.33. The number of non-ortho nitro benzene ring substituents is 1. The van der Waals surface area contributed by atoms with Crippen molar-refractivity contribution in [3.63, 3.8) is 0 Å². The van der Waals surface area contributed by atoms with Gasteiger partial charge in [-0.05, 0) is 24.3 Å². The summed E-state index contributed by atoms with van der Waals surface area (Å²) < 4.78 is 14.8. The van der Waals surface area contributed by atoms with Crippen LogP contribution < -0.4 is 0 Å². The van der Waals surface area contributed by atoms with E-state index in [1.165, 1.54) is 29.0 Å². The molecular formula is C15H7Cl2FN2O3. The van der Waals surface area contributed by atoms with Crippen molar-refractivity contribution in [3.05, 3.63) is 74.1 Å². The zero-order valence-electron chi connectivity index (χ0n) is 11.3. The van der Waals surface area contributed by atoms with Gasteiger partial charge in [0.1, 0.15) is 5.82 Å². The fraction of sp³-hybridized carbons (Fsp3) is 0. The lowest BCUT2D eigenvalue weighted by molar-refractivity contribution is -0.384. The molecule has 0 radical (unpaired) electrons. The van der Waals surface area contributed by atoms with Gasteiger partial charge < -0.3 is 0 Å². The number of halogens is 3. The van der Waals surface area contributed by atoms with Crippen molar-refractivity contribution in [2.24, 2.45) is 0 Å². The minimum Gasteiger partial charge on any atom is -0.283 e. The molecule has 0 N–H and O–H groups in total. The van der Waals surface area contributed by atoms with Crippen molar-refractivity contribution in [1.29, 1.82) is 0 Å². The highest BCUT2D eigenvalue weighted by Crippen LogP contribution is 2.27. The minimum absolute atomic E-state index is 0.0187. The number of nitro groups is 1. The Morgan fingerprint density at radius 3 is 2.57 bits per heavy atom. The van der Waals surface area contributed by atoms with Crippen LogP contribution in [0, 0.1) is 15.9 Å². The van der Waals surface area contributed by atoms with Crippen molar-refractivity contribution in [2.45, 2.75) is 0 Å². The molecule has 0 atom stereocenters. The molecule has 5 nitrogen and oxygen atoms in total. The fourth-order valence-corrected chi connectivity index (χ4v) is 2.70. The summed E-state index contributed by atoms with van der Waals surface area (Å²) in [5.41, 5.74) is 0.315. The van der Waals surface area contributed by atoms with Crippen LogP contribution in [0.4, 0.5) is 10.1 Å². The molecule has 0 unspecified atom stereocenters. The zero-order valence-corrected chi connectivity index (χ0v) is 12.8. The summed E-state index contributed by atoms with van der Waals surface area (Å²) in [5, 5.41) is 11.1. The maximum atomic E-state index is 13.6. The highest BCUT2D eigenvalue weighted by molar-refractivity contribution is 6.37. The lowest BCUT2D eigenvalue weighted by Gasteiger charge is -2.07. The van der Waals surface area contributed by atoms with Crippen LogP contribution in [0.3, 0.4) is 0 Å². The van der Waals surface area contributed by atoms with Crippen LogP contribution in [0.1, 0.15) is 10.4 Å². The van der Waals surface area contributed by atoms with Crippen molar-refractivity contribution in [2.75, 3.05) is 0 Å². The first-order chi connectivity index (χ1) is 10.9. The van der Waals surface area contributed by atoms with E-state index in [4.69, 9.17) is 23.2 Å². The quantitative estimate of drug-likeness (QED) is 0.382. The summed E-state index contributed by atoms with van der Waals surface area (Å²) in [5.74, 6) is -1.32. The molecule has 0 spiro atoms. The summed E-state index contributed by atoms with van der Waals surface area (Å²) in [6, 6.07) is 7.76. The van der Waals surface area contributed by atoms with Crippen LogP contribution in [0.2, 0.25) is 10.0 Å². The molecule has 0 aliphatic carbocycles. The molecule has 2 aromatic carbocycles. The highest BCUT2D eigenvalue weighted by Gasteiger charge is 2.18. The van der Waals surface area contributed by atoms with Gasteiger partial charge in [-0.1, -0.05) is 23.2 Å². The SMILES string of the molecule is O=C(c1cc(F)c(Cl)cc1Cl)n1ccc2cc([N+](=O)[O-])ccc21. The summed E-state index contributed by atoms with van der Waals surface area (Å²) >= 11 is 11.6. The van der Waals surface area contributed by atoms with E-state index in [9.17, 15) is 19.3 Å². The number of hydrogen-bond acceptors (Lipinski definition) is 3. The number of hydrogen-bond donors (Lipinski definition) is 0. The third kappa shape index (κ3) is 2.67. The lowest BCUT2D eigenvalue weighted by atomic mass is 10.2. The number of nitro benzene ring substituents is 1. The maximum Gasteiger partial charge on any atom is 0.270 e. The molecule has 0 aliphatic heterocycles. The average molecular weight is 353 g/mol. The highest BCUT2D eigenvalue weighted by atomic mass is 35.5. The second-order valence-electron chi connectivity index (χ2n) is 4.74. The molecule has 0 bridgehead atoms. The van der Waals surface area contributed by atoms with Crippen LogP contribution in [-0.4, -0.2) is 15.4 Å². The third-order valence-corrected chi connectivity index (χ3v) is 3.95. The molecule has 0 fully saturated rings. The van der Waals surface area contributed by atoms with Gasteiger partial charge in [0, 0.05) is 23.7 Å². The van der Waals surface area contributed by atoms with Crippen molar-refractivity contribution in [1.82, 2.24) is 4.57 Å². The molecule has 0 aliphatic rings. The summed E-state index contributed by atoms with van der Waals surface area (Å²) in [6.07, 6.45) is 1.44. The van der Waals surface area contributed by atoms with Gasteiger partial charge in [0.25, 0.3) is 11.6 Å². The Balaban J connectivity index is 2.12. The molecule has 116 valence electrons. The van der Waals surface area contributed by atoms with Crippen LogP contribution in [0.25, 0.3) is 10.9 Å². The van der Waals surface area contributed by atoms with E-state index in [0.29, 0.717) is 10.9 Å². The Labute approximate surface area is 139 Å². The van der Waals surface area contributed by atoms with Crippen molar-refractivity contribution >= 4 is 45.7 Å². The largest absolute Gasteiger partial charge is 0.283 e. The Morgan fingerprint density at radius 2 is 1.87 bits per heavy atom. The van der Waals surface area contributed by atoms with Crippen molar-refractivity contribution in [3.8, 4) is 0 Å². The number of carbonyl (C=O) groups excluding carboxylic acids is 1. The molecule has 3 aromatic rings. The Bertz CT molecular complexity index is 969. The summed E-state index contributed by atoms with van der Waals surface area (Å²) in [7, 11) is 0. The fourth-order valence-electron chi connectivity index (χ4n) is 2.24. The molecule has 0 saturated heterocycles. The zero-order chi connectivity index (χ0) is 16.7.